The predicted molar refractivity (Wildman–Crippen MR) is 84.3 cm³/mol. The van der Waals surface area contributed by atoms with Gasteiger partial charge < -0.3 is 19.5 Å². The monoisotopic (exact) mass is 319 g/mol. The van der Waals surface area contributed by atoms with Crippen LogP contribution < -0.4 is 5.32 Å². The largest absolute Gasteiger partial charge is 0.381 e. The SMILES string of the molecule is CC1CN(CC2CCOC2)CC1NC(=O)c1cc(C2CC2)on1. The smallest absolute Gasteiger partial charge is 0.273 e. The fourth-order valence-electron chi connectivity index (χ4n) is 3.70. The Hall–Kier alpha value is -1.40. The lowest BCUT2D eigenvalue weighted by atomic mass is 10.1. The first-order chi connectivity index (χ1) is 11.2. The number of carbonyl (C=O) groups excluding carboxylic acids is 1. The quantitative estimate of drug-likeness (QED) is 0.893. The van der Waals surface area contributed by atoms with Crippen LogP contribution in [0, 0.1) is 11.8 Å². The Morgan fingerprint density at radius 2 is 2.26 bits per heavy atom. The van der Waals surface area contributed by atoms with Gasteiger partial charge in [-0.1, -0.05) is 12.1 Å². The van der Waals surface area contributed by atoms with Crippen LogP contribution in [-0.2, 0) is 4.74 Å². The summed E-state index contributed by atoms with van der Waals surface area (Å²) in [6.07, 6.45) is 3.45. The van der Waals surface area contributed by atoms with E-state index in [1.165, 1.54) is 0 Å². The van der Waals surface area contributed by atoms with E-state index in [1.54, 1.807) is 6.07 Å². The van der Waals surface area contributed by atoms with Crippen molar-refractivity contribution in [3.8, 4) is 0 Å². The van der Waals surface area contributed by atoms with Gasteiger partial charge in [0.05, 0.1) is 6.61 Å². The van der Waals surface area contributed by atoms with E-state index in [0.717, 1.165) is 57.9 Å². The van der Waals surface area contributed by atoms with Crippen molar-refractivity contribution in [3.63, 3.8) is 0 Å². The Morgan fingerprint density at radius 3 is 3.00 bits per heavy atom. The van der Waals surface area contributed by atoms with Crippen LogP contribution in [0.1, 0.15) is 48.4 Å². The number of carbonyl (C=O) groups is 1. The molecule has 3 aliphatic rings. The van der Waals surface area contributed by atoms with Crippen molar-refractivity contribution < 1.29 is 14.1 Å². The summed E-state index contributed by atoms with van der Waals surface area (Å²) in [7, 11) is 0. The summed E-state index contributed by atoms with van der Waals surface area (Å²) in [5.41, 5.74) is 0.418. The van der Waals surface area contributed by atoms with Gasteiger partial charge in [-0.2, -0.15) is 0 Å². The first-order valence-corrected chi connectivity index (χ1v) is 8.76. The van der Waals surface area contributed by atoms with Crippen LogP contribution in [0.4, 0.5) is 0 Å². The van der Waals surface area contributed by atoms with Crippen LogP contribution in [0.5, 0.6) is 0 Å². The third-order valence-electron chi connectivity index (χ3n) is 5.29. The first kappa shape index (κ1) is 15.1. The van der Waals surface area contributed by atoms with Crippen LogP contribution in [0.25, 0.3) is 0 Å². The number of amides is 1. The number of ether oxygens (including phenoxy) is 1. The van der Waals surface area contributed by atoms with Crippen molar-refractivity contribution >= 4 is 5.91 Å². The molecule has 0 radical (unpaired) electrons. The van der Waals surface area contributed by atoms with Crippen LogP contribution in [0.3, 0.4) is 0 Å². The van der Waals surface area contributed by atoms with Gasteiger partial charge in [0.2, 0.25) is 0 Å². The minimum absolute atomic E-state index is 0.108. The van der Waals surface area contributed by atoms with Gasteiger partial charge in [-0.15, -0.1) is 0 Å². The topological polar surface area (TPSA) is 67.6 Å². The molecule has 1 aromatic heterocycles. The first-order valence-electron chi connectivity index (χ1n) is 8.76. The molecule has 6 heteroatoms. The highest BCUT2D eigenvalue weighted by atomic mass is 16.5. The number of likely N-dealkylation sites (tertiary alicyclic amines) is 1. The molecule has 1 saturated carbocycles. The maximum Gasteiger partial charge on any atom is 0.273 e. The number of nitrogens with one attached hydrogen (secondary N) is 1. The fourth-order valence-corrected chi connectivity index (χ4v) is 3.70. The van der Waals surface area contributed by atoms with E-state index in [-0.39, 0.29) is 11.9 Å². The number of nitrogens with zero attached hydrogens (tertiary/aromatic N) is 2. The highest BCUT2D eigenvalue weighted by Crippen LogP contribution is 2.40. The van der Waals surface area contributed by atoms with Crippen LogP contribution in [0.15, 0.2) is 10.6 Å². The molecule has 0 aromatic carbocycles. The Morgan fingerprint density at radius 1 is 1.39 bits per heavy atom. The highest BCUT2D eigenvalue weighted by Gasteiger charge is 2.34. The average Bonchev–Trinajstić information content (AvgIpc) is 2.94. The molecule has 1 N–H and O–H groups in total. The second-order valence-corrected chi connectivity index (χ2v) is 7.39. The van der Waals surface area contributed by atoms with Crippen molar-refractivity contribution in [3.05, 3.63) is 17.5 Å². The molecule has 126 valence electrons. The standard InChI is InChI=1S/C17H25N3O3/c1-11-7-20(8-12-4-5-22-10-12)9-15(11)18-17(21)14-6-16(23-19-14)13-2-3-13/h6,11-13,15H,2-5,7-10H2,1H3,(H,18,21). The Labute approximate surface area is 136 Å². The van der Waals surface area contributed by atoms with Crippen molar-refractivity contribution in [2.45, 2.75) is 38.1 Å². The number of aromatic nitrogens is 1. The zero-order chi connectivity index (χ0) is 15.8. The normalized spacial score (nSPS) is 31.6. The van der Waals surface area contributed by atoms with E-state index in [0.29, 0.717) is 23.4 Å². The Kier molecular flexibility index (Phi) is 4.11. The molecule has 1 aliphatic carbocycles. The fraction of sp³-hybridized carbons (Fsp3) is 0.765. The van der Waals surface area contributed by atoms with E-state index in [2.05, 4.69) is 22.3 Å². The third kappa shape index (κ3) is 3.43. The van der Waals surface area contributed by atoms with E-state index in [4.69, 9.17) is 9.26 Å². The van der Waals surface area contributed by atoms with E-state index >= 15 is 0 Å². The Bertz CT molecular complexity index is 563. The predicted octanol–water partition coefficient (Wildman–Crippen LogP) is 1.64. The van der Waals surface area contributed by atoms with Crippen LogP contribution >= 0.6 is 0 Å². The lowest BCUT2D eigenvalue weighted by Crippen LogP contribution is -2.40. The van der Waals surface area contributed by atoms with Gasteiger partial charge in [-0.25, -0.2) is 0 Å². The molecule has 0 bridgehead atoms. The number of hydrogen-bond donors (Lipinski definition) is 1. The summed E-state index contributed by atoms with van der Waals surface area (Å²) in [5, 5.41) is 7.07. The zero-order valence-corrected chi connectivity index (χ0v) is 13.7. The zero-order valence-electron chi connectivity index (χ0n) is 13.7. The minimum atomic E-state index is -0.108. The van der Waals surface area contributed by atoms with E-state index in [9.17, 15) is 4.79 Å². The molecule has 3 atom stereocenters. The van der Waals surface area contributed by atoms with Crippen molar-refractivity contribution in [1.29, 1.82) is 0 Å². The van der Waals surface area contributed by atoms with Gasteiger partial charge in [-0.05, 0) is 31.1 Å². The van der Waals surface area contributed by atoms with Crippen molar-refractivity contribution in [2.75, 3.05) is 32.8 Å². The van der Waals surface area contributed by atoms with Gasteiger partial charge in [0.1, 0.15) is 5.76 Å². The summed E-state index contributed by atoms with van der Waals surface area (Å²) < 4.78 is 10.7. The molecule has 3 unspecified atom stereocenters. The van der Waals surface area contributed by atoms with Crippen LogP contribution in [-0.4, -0.2) is 54.9 Å². The molecule has 23 heavy (non-hydrogen) atoms. The van der Waals surface area contributed by atoms with Gasteiger partial charge >= 0.3 is 0 Å². The highest BCUT2D eigenvalue weighted by molar-refractivity contribution is 5.92. The molecular weight excluding hydrogens is 294 g/mol. The Balaban J connectivity index is 1.31. The molecule has 1 amide bonds. The molecule has 1 aromatic rings. The van der Waals surface area contributed by atoms with Gasteiger partial charge in [0, 0.05) is 44.3 Å². The maximum absolute atomic E-state index is 12.4. The molecule has 3 heterocycles. The number of rotatable bonds is 5. The average molecular weight is 319 g/mol. The third-order valence-corrected chi connectivity index (χ3v) is 5.29. The maximum atomic E-state index is 12.4. The summed E-state index contributed by atoms with van der Waals surface area (Å²) in [6, 6.07) is 1.99. The second-order valence-electron chi connectivity index (χ2n) is 7.39. The summed E-state index contributed by atoms with van der Waals surface area (Å²) in [5.74, 6) is 2.34. The summed E-state index contributed by atoms with van der Waals surface area (Å²) >= 11 is 0. The van der Waals surface area contributed by atoms with Gasteiger partial charge in [0.25, 0.3) is 5.91 Å². The summed E-state index contributed by atoms with van der Waals surface area (Å²) in [4.78, 5) is 14.8. The second kappa shape index (κ2) is 6.24. The molecule has 2 saturated heterocycles. The molecule has 2 aliphatic heterocycles. The molecule has 3 fully saturated rings. The lowest BCUT2D eigenvalue weighted by Gasteiger charge is -2.19. The van der Waals surface area contributed by atoms with E-state index < -0.39 is 0 Å². The van der Waals surface area contributed by atoms with Crippen molar-refractivity contribution in [1.82, 2.24) is 15.4 Å². The van der Waals surface area contributed by atoms with Crippen LogP contribution in [0.2, 0.25) is 0 Å². The number of hydrogen-bond acceptors (Lipinski definition) is 5. The molecular formula is C17H25N3O3. The summed E-state index contributed by atoms with van der Waals surface area (Å²) in [6.45, 7) is 7.00. The molecule has 4 rings (SSSR count). The van der Waals surface area contributed by atoms with Gasteiger partial charge in [0.15, 0.2) is 5.69 Å². The van der Waals surface area contributed by atoms with Gasteiger partial charge in [-0.3, -0.25) is 4.79 Å². The van der Waals surface area contributed by atoms with Crippen molar-refractivity contribution in [2.24, 2.45) is 11.8 Å². The molecule has 6 nitrogen and oxygen atoms in total. The van der Waals surface area contributed by atoms with E-state index in [1.807, 2.05) is 0 Å². The molecule has 0 spiro atoms. The minimum Gasteiger partial charge on any atom is -0.381 e. The lowest BCUT2D eigenvalue weighted by molar-refractivity contribution is 0.0921.